The second-order valence-electron chi connectivity index (χ2n) is 1.70. The maximum Gasteiger partial charge on any atom is 0.0924 e. The van der Waals surface area contributed by atoms with Crippen molar-refractivity contribution in [2.45, 2.75) is 32.8 Å². The van der Waals surface area contributed by atoms with E-state index in [1.165, 1.54) is 0 Å². The maximum atomic E-state index is 4.84. The van der Waals surface area contributed by atoms with Crippen molar-refractivity contribution in [2.24, 2.45) is 0 Å². The Hall–Kier alpha value is -0.0800. The first kappa shape index (κ1) is 7.92. The Labute approximate surface area is 50.7 Å². The minimum absolute atomic E-state index is 0.278. The SMILES string of the molecule is CCC(CC)OOC. The summed E-state index contributed by atoms with van der Waals surface area (Å²) in [5.74, 6) is 0. The van der Waals surface area contributed by atoms with E-state index in [9.17, 15) is 0 Å². The van der Waals surface area contributed by atoms with E-state index in [0.717, 1.165) is 12.8 Å². The molecule has 2 heteroatoms. The number of hydrogen-bond acceptors (Lipinski definition) is 2. The highest BCUT2D eigenvalue weighted by Crippen LogP contribution is 2.00. The summed E-state index contributed by atoms with van der Waals surface area (Å²) in [6.07, 6.45) is 2.31. The summed E-state index contributed by atoms with van der Waals surface area (Å²) < 4.78 is 0. The van der Waals surface area contributed by atoms with Crippen molar-refractivity contribution in [1.82, 2.24) is 0 Å². The van der Waals surface area contributed by atoms with Crippen molar-refractivity contribution in [1.29, 1.82) is 0 Å². The summed E-state index contributed by atoms with van der Waals surface area (Å²) >= 11 is 0. The van der Waals surface area contributed by atoms with E-state index in [0.29, 0.717) is 0 Å². The Morgan fingerprint density at radius 1 is 1.25 bits per heavy atom. The molecule has 0 aliphatic carbocycles. The Morgan fingerprint density at radius 3 is 1.88 bits per heavy atom. The monoisotopic (exact) mass is 118 g/mol. The zero-order chi connectivity index (χ0) is 6.41. The van der Waals surface area contributed by atoms with E-state index in [2.05, 4.69) is 18.7 Å². The van der Waals surface area contributed by atoms with E-state index in [-0.39, 0.29) is 6.10 Å². The van der Waals surface area contributed by atoms with Crippen LogP contribution in [0, 0.1) is 0 Å². The van der Waals surface area contributed by atoms with Crippen LogP contribution in [-0.2, 0) is 9.78 Å². The van der Waals surface area contributed by atoms with Crippen molar-refractivity contribution in [3.63, 3.8) is 0 Å². The number of hydrogen-bond donors (Lipinski definition) is 0. The van der Waals surface area contributed by atoms with Crippen LogP contribution in [0.15, 0.2) is 0 Å². The van der Waals surface area contributed by atoms with Gasteiger partial charge in [-0.2, -0.15) is 0 Å². The van der Waals surface area contributed by atoms with Gasteiger partial charge in [-0.05, 0) is 12.8 Å². The fourth-order valence-electron chi connectivity index (χ4n) is 0.561. The molecule has 0 aromatic heterocycles. The van der Waals surface area contributed by atoms with Crippen LogP contribution in [0.4, 0.5) is 0 Å². The summed E-state index contributed by atoms with van der Waals surface area (Å²) in [5.41, 5.74) is 0. The topological polar surface area (TPSA) is 18.5 Å². The van der Waals surface area contributed by atoms with Crippen molar-refractivity contribution >= 4 is 0 Å². The Kier molecular flexibility index (Phi) is 5.01. The quantitative estimate of drug-likeness (QED) is 0.413. The van der Waals surface area contributed by atoms with E-state index in [4.69, 9.17) is 4.89 Å². The molecule has 50 valence electrons. The average Bonchev–Trinajstić information content (AvgIpc) is 1.83. The van der Waals surface area contributed by atoms with Gasteiger partial charge in [0.25, 0.3) is 0 Å². The number of rotatable bonds is 4. The molecule has 0 atom stereocenters. The van der Waals surface area contributed by atoms with Crippen LogP contribution in [0.3, 0.4) is 0 Å². The lowest BCUT2D eigenvalue weighted by Gasteiger charge is -2.08. The molecule has 0 N–H and O–H groups in total. The lowest BCUT2D eigenvalue weighted by molar-refractivity contribution is -0.305. The summed E-state index contributed by atoms with van der Waals surface area (Å²) in [6.45, 7) is 4.15. The van der Waals surface area contributed by atoms with Crippen LogP contribution >= 0.6 is 0 Å². The molecule has 0 aliphatic heterocycles. The van der Waals surface area contributed by atoms with Crippen LogP contribution in [-0.4, -0.2) is 13.2 Å². The Morgan fingerprint density at radius 2 is 1.75 bits per heavy atom. The summed E-state index contributed by atoms with van der Waals surface area (Å²) in [5, 5.41) is 0. The van der Waals surface area contributed by atoms with Gasteiger partial charge in [-0.1, -0.05) is 13.8 Å². The molecule has 2 nitrogen and oxygen atoms in total. The predicted octanol–water partition coefficient (Wildman–Crippen LogP) is 1.75. The highest BCUT2D eigenvalue weighted by Gasteiger charge is 2.00. The van der Waals surface area contributed by atoms with Gasteiger partial charge in [0, 0.05) is 0 Å². The normalized spacial score (nSPS) is 10.5. The minimum atomic E-state index is 0.278. The fourth-order valence-corrected chi connectivity index (χ4v) is 0.561. The third-order valence-electron chi connectivity index (χ3n) is 1.14. The average molecular weight is 118 g/mol. The largest absolute Gasteiger partial charge is 0.240 e. The van der Waals surface area contributed by atoms with E-state index in [1.807, 2.05) is 0 Å². The van der Waals surface area contributed by atoms with Gasteiger partial charge in [-0.15, -0.1) is 0 Å². The molecule has 0 unspecified atom stereocenters. The molecule has 0 radical (unpaired) electrons. The van der Waals surface area contributed by atoms with Gasteiger partial charge in [0.15, 0.2) is 0 Å². The first-order valence-corrected chi connectivity index (χ1v) is 3.04. The van der Waals surface area contributed by atoms with E-state index < -0.39 is 0 Å². The maximum absolute atomic E-state index is 4.84. The van der Waals surface area contributed by atoms with Crippen molar-refractivity contribution < 1.29 is 9.78 Å². The Balaban J connectivity index is 3.07. The van der Waals surface area contributed by atoms with Crippen LogP contribution in [0.25, 0.3) is 0 Å². The molecule has 0 aromatic carbocycles. The molecule has 0 rings (SSSR count). The molecule has 8 heavy (non-hydrogen) atoms. The molecule has 0 heterocycles. The second-order valence-corrected chi connectivity index (χ2v) is 1.70. The van der Waals surface area contributed by atoms with Gasteiger partial charge in [0.1, 0.15) is 0 Å². The molecule has 0 saturated carbocycles. The lowest BCUT2D eigenvalue weighted by Crippen LogP contribution is -2.08. The fraction of sp³-hybridized carbons (Fsp3) is 1.00. The molecule has 0 aromatic rings. The summed E-state index contributed by atoms with van der Waals surface area (Å²) in [6, 6.07) is 0. The van der Waals surface area contributed by atoms with Crippen LogP contribution < -0.4 is 0 Å². The van der Waals surface area contributed by atoms with Gasteiger partial charge in [0.2, 0.25) is 0 Å². The van der Waals surface area contributed by atoms with Crippen LogP contribution in [0.1, 0.15) is 26.7 Å². The van der Waals surface area contributed by atoms with E-state index >= 15 is 0 Å². The molecule has 0 amide bonds. The van der Waals surface area contributed by atoms with Gasteiger partial charge in [-0.3, -0.25) is 0 Å². The van der Waals surface area contributed by atoms with Crippen LogP contribution in [0.2, 0.25) is 0 Å². The zero-order valence-corrected chi connectivity index (χ0v) is 5.81. The molecular weight excluding hydrogens is 104 g/mol. The molecule has 0 aliphatic rings. The molecule has 0 spiro atoms. The first-order valence-electron chi connectivity index (χ1n) is 3.04. The van der Waals surface area contributed by atoms with Gasteiger partial charge >= 0.3 is 0 Å². The van der Waals surface area contributed by atoms with Crippen LogP contribution in [0.5, 0.6) is 0 Å². The third-order valence-corrected chi connectivity index (χ3v) is 1.14. The minimum Gasteiger partial charge on any atom is -0.240 e. The predicted molar refractivity (Wildman–Crippen MR) is 32.5 cm³/mol. The molecule has 0 saturated heterocycles. The van der Waals surface area contributed by atoms with Crippen molar-refractivity contribution in [2.75, 3.05) is 7.11 Å². The zero-order valence-electron chi connectivity index (χ0n) is 5.81. The third kappa shape index (κ3) is 2.99. The highest BCUT2D eigenvalue weighted by atomic mass is 17.2. The smallest absolute Gasteiger partial charge is 0.0924 e. The summed E-state index contributed by atoms with van der Waals surface area (Å²) in [4.78, 5) is 9.33. The standard InChI is InChI=1S/C6H14O2/c1-4-6(5-2)8-7-3/h6H,4-5H2,1-3H3. The molecular formula is C6H14O2. The highest BCUT2D eigenvalue weighted by molar-refractivity contribution is 4.46. The van der Waals surface area contributed by atoms with Gasteiger partial charge in [0.05, 0.1) is 13.2 Å². The molecule has 0 bridgehead atoms. The second kappa shape index (κ2) is 5.06. The lowest BCUT2D eigenvalue weighted by atomic mass is 10.2. The first-order chi connectivity index (χ1) is 3.85. The Bertz CT molecular complexity index is 41.8. The van der Waals surface area contributed by atoms with E-state index in [1.54, 1.807) is 7.11 Å². The van der Waals surface area contributed by atoms with Gasteiger partial charge in [-0.25, -0.2) is 9.78 Å². The summed E-state index contributed by atoms with van der Waals surface area (Å²) in [7, 11) is 1.54. The van der Waals surface area contributed by atoms with Crippen molar-refractivity contribution in [3.8, 4) is 0 Å². The van der Waals surface area contributed by atoms with Crippen molar-refractivity contribution in [3.05, 3.63) is 0 Å². The van der Waals surface area contributed by atoms with Gasteiger partial charge < -0.3 is 0 Å². The molecule has 0 fully saturated rings.